The van der Waals surface area contributed by atoms with E-state index in [-0.39, 0.29) is 28.4 Å². The van der Waals surface area contributed by atoms with Crippen molar-refractivity contribution in [2.24, 2.45) is 10.2 Å². The number of aromatic nitrogens is 2. The van der Waals surface area contributed by atoms with Crippen LogP contribution in [0.15, 0.2) is 63.3 Å². The van der Waals surface area contributed by atoms with Crippen LogP contribution in [0.2, 0.25) is 0 Å². The number of aryl methyl sites for hydroxylation is 3. The zero-order chi connectivity index (χ0) is 23.8. The van der Waals surface area contributed by atoms with Crippen molar-refractivity contribution >= 4 is 17.3 Å². The van der Waals surface area contributed by atoms with Gasteiger partial charge in [0.1, 0.15) is 17.5 Å². The number of fused-ring (bicyclic) bond motifs is 1. The van der Waals surface area contributed by atoms with Crippen LogP contribution in [0, 0.1) is 6.92 Å². The molecule has 0 bridgehead atoms. The number of carbonyl (C=O) groups is 1. The van der Waals surface area contributed by atoms with E-state index in [9.17, 15) is 14.7 Å². The number of azo groups is 1. The fourth-order valence-corrected chi connectivity index (χ4v) is 4.48. The number of rotatable bonds is 5. The molecular formula is C25H24N4O5. The first-order chi connectivity index (χ1) is 16.4. The van der Waals surface area contributed by atoms with Crippen LogP contribution >= 0.6 is 0 Å². The molecule has 5 rings (SSSR count). The zero-order valence-corrected chi connectivity index (χ0v) is 18.6. The van der Waals surface area contributed by atoms with Gasteiger partial charge in [0.05, 0.1) is 11.4 Å². The largest absolute Gasteiger partial charge is 0.505 e. The highest BCUT2D eigenvalue weighted by atomic mass is 16.5. The van der Waals surface area contributed by atoms with Crippen molar-refractivity contribution in [3.05, 3.63) is 81.0 Å². The number of benzene rings is 2. The maximum absolute atomic E-state index is 13.1. The molecule has 0 saturated carbocycles. The highest BCUT2D eigenvalue weighted by Crippen LogP contribution is 2.40. The Morgan fingerprint density at radius 2 is 1.94 bits per heavy atom. The van der Waals surface area contributed by atoms with E-state index in [4.69, 9.17) is 9.84 Å². The van der Waals surface area contributed by atoms with Crippen molar-refractivity contribution in [1.82, 2.24) is 9.78 Å². The van der Waals surface area contributed by atoms with Crippen molar-refractivity contribution in [3.8, 4) is 11.4 Å². The number of nitrogens with zero attached hydrogens (tertiary/aromatic N) is 3. The number of nitrogens with one attached hydrogen (secondary N) is 1. The zero-order valence-electron chi connectivity index (χ0n) is 18.6. The first-order valence-corrected chi connectivity index (χ1v) is 11.2. The number of ether oxygens (including phenoxy) is 1. The lowest BCUT2D eigenvalue weighted by Crippen LogP contribution is -2.15. The molecule has 9 heteroatoms. The first kappa shape index (κ1) is 21.7. The van der Waals surface area contributed by atoms with E-state index in [2.05, 4.69) is 21.4 Å². The van der Waals surface area contributed by atoms with Crippen LogP contribution in [0.1, 0.15) is 47.8 Å². The number of phenolic OH excluding ortho intramolecular Hbond substituents is 1. The van der Waals surface area contributed by atoms with Crippen LogP contribution in [0.25, 0.3) is 5.69 Å². The van der Waals surface area contributed by atoms with Gasteiger partial charge in [-0.25, -0.2) is 9.48 Å². The molecule has 0 spiro atoms. The van der Waals surface area contributed by atoms with Gasteiger partial charge < -0.3 is 14.9 Å². The predicted molar refractivity (Wildman–Crippen MR) is 124 cm³/mol. The summed E-state index contributed by atoms with van der Waals surface area (Å²) in [7, 11) is 0. The quantitative estimate of drug-likeness (QED) is 0.466. The van der Waals surface area contributed by atoms with Crippen molar-refractivity contribution in [2.75, 3.05) is 0 Å². The van der Waals surface area contributed by atoms with Gasteiger partial charge in [0.25, 0.3) is 5.56 Å². The predicted octanol–water partition coefficient (Wildman–Crippen LogP) is 4.90. The summed E-state index contributed by atoms with van der Waals surface area (Å²) in [5.41, 5.74) is 4.28. The molecule has 1 aromatic heterocycles. The number of hydrogen-bond donors (Lipinski definition) is 3. The van der Waals surface area contributed by atoms with E-state index >= 15 is 0 Å². The minimum atomic E-state index is -1.16. The summed E-state index contributed by atoms with van der Waals surface area (Å²) in [4.78, 5) is 24.2. The Kier molecular flexibility index (Phi) is 5.53. The number of para-hydroxylation sites is 1. The van der Waals surface area contributed by atoms with Crippen molar-refractivity contribution < 1.29 is 19.7 Å². The van der Waals surface area contributed by atoms with Crippen LogP contribution < -0.4 is 5.56 Å². The third-order valence-corrected chi connectivity index (χ3v) is 6.28. The molecule has 1 aliphatic carbocycles. The van der Waals surface area contributed by atoms with Gasteiger partial charge in [0, 0.05) is 12.0 Å². The summed E-state index contributed by atoms with van der Waals surface area (Å²) in [5, 5.41) is 31.1. The fraction of sp³-hybridized carbons (Fsp3) is 0.280. The second-order valence-corrected chi connectivity index (χ2v) is 8.52. The fourth-order valence-electron chi connectivity index (χ4n) is 4.48. The number of carboxylic acid groups (broad SMARTS) is 1. The Hall–Kier alpha value is -4.14. The van der Waals surface area contributed by atoms with E-state index < -0.39 is 12.1 Å². The van der Waals surface area contributed by atoms with Crippen LogP contribution in [-0.4, -0.2) is 26.0 Å². The van der Waals surface area contributed by atoms with E-state index in [1.54, 1.807) is 25.1 Å². The van der Waals surface area contributed by atoms with E-state index in [0.717, 1.165) is 24.9 Å². The normalized spacial score (nSPS) is 17.4. The van der Waals surface area contributed by atoms with Crippen LogP contribution in [0.5, 0.6) is 5.75 Å². The molecule has 1 aliphatic heterocycles. The molecule has 9 nitrogen and oxygen atoms in total. The molecule has 3 N–H and O–H groups in total. The van der Waals surface area contributed by atoms with Gasteiger partial charge >= 0.3 is 5.97 Å². The van der Waals surface area contributed by atoms with Crippen LogP contribution in [0.3, 0.4) is 0 Å². The second kappa shape index (κ2) is 8.66. The van der Waals surface area contributed by atoms with Gasteiger partial charge in [-0.2, -0.15) is 0 Å². The molecule has 0 amide bonds. The lowest BCUT2D eigenvalue weighted by molar-refractivity contribution is -0.137. The number of aromatic amines is 1. The van der Waals surface area contributed by atoms with Crippen LogP contribution in [0.4, 0.5) is 11.4 Å². The minimum Gasteiger partial charge on any atom is -0.505 e. The number of aromatic hydroxyl groups is 1. The Bertz CT molecular complexity index is 1400. The van der Waals surface area contributed by atoms with E-state index in [1.165, 1.54) is 28.3 Å². The topological polar surface area (TPSA) is 129 Å². The van der Waals surface area contributed by atoms with Crippen molar-refractivity contribution in [1.29, 1.82) is 0 Å². The number of phenols is 1. The molecule has 2 heterocycles. The second-order valence-electron chi connectivity index (χ2n) is 8.52. The van der Waals surface area contributed by atoms with Gasteiger partial charge in [-0.3, -0.25) is 9.89 Å². The smallest absolute Gasteiger partial charge is 0.370 e. The Balaban J connectivity index is 1.42. The summed E-state index contributed by atoms with van der Waals surface area (Å²) in [6, 6.07) is 10.9. The number of aliphatic carboxylic acids is 1. The molecule has 1 atom stereocenters. The van der Waals surface area contributed by atoms with Gasteiger partial charge in [-0.05, 0) is 68.0 Å². The first-order valence-electron chi connectivity index (χ1n) is 11.2. The summed E-state index contributed by atoms with van der Waals surface area (Å²) >= 11 is 0. The highest BCUT2D eigenvalue weighted by Gasteiger charge is 2.27. The molecule has 0 fully saturated rings. The van der Waals surface area contributed by atoms with Gasteiger partial charge in [-0.1, -0.05) is 18.2 Å². The van der Waals surface area contributed by atoms with Crippen molar-refractivity contribution in [3.63, 3.8) is 0 Å². The van der Waals surface area contributed by atoms with E-state index in [0.29, 0.717) is 17.7 Å². The third kappa shape index (κ3) is 3.89. The molecular weight excluding hydrogens is 436 g/mol. The summed E-state index contributed by atoms with van der Waals surface area (Å²) in [6.07, 6.45) is 5.57. The Labute approximate surface area is 195 Å². The molecule has 1 unspecified atom stereocenters. The van der Waals surface area contributed by atoms with Gasteiger partial charge in [0.2, 0.25) is 5.76 Å². The monoisotopic (exact) mass is 460 g/mol. The lowest BCUT2D eigenvalue weighted by atomic mass is 9.91. The number of hydrogen-bond acceptors (Lipinski definition) is 6. The maximum Gasteiger partial charge on any atom is 0.370 e. The molecule has 174 valence electrons. The number of H-pyrrole nitrogens is 1. The summed E-state index contributed by atoms with van der Waals surface area (Å²) in [5.74, 6) is -1.47. The molecule has 2 aliphatic rings. The molecule has 2 aromatic carbocycles. The SMILES string of the molecule is Cc1[nH]n(-c2ccc3c(c2)CCCC3)c(=O)c1N=Nc1cccc(C2CC=C(C(=O)O)O2)c1O. The highest BCUT2D eigenvalue weighted by molar-refractivity contribution is 5.84. The summed E-state index contributed by atoms with van der Waals surface area (Å²) < 4.78 is 6.87. The van der Waals surface area contributed by atoms with E-state index in [1.807, 2.05) is 12.1 Å². The van der Waals surface area contributed by atoms with Crippen molar-refractivity contribution in [2.45, 2.75) is 45.1 Å². The number of carboxylic acids is 1. The Morgan fingerprint density at radius 3 is 2.71 bits per heavy atom. The standard InChI is InChI=1S/C25H24N4O5/c1-14-22(24(31)29(28-14)17-10-9-15-5-2-3-6-16(15)13-17)27-26-19-8-4-7-18(23(19)30)20-11-12-21(34-20)25(32)33/h4,7-10,12-13,20,28,30H,2-3,5-6,11H2,1H3,(H,32,33). The Morgan fingerprint density at radius 1 is 1.15 bits per heavy atom. The molecule has 0 radical (unpaired) electrons. The molecule has 34 heavy (non-hydrogen) atoms. The molecule has 0 saturated heterocycles. The maximum atomic E-state index is 13.1. The molecule has 3 aromatic rings. The average molecular weight is 460 g/mol. The minimum absolute atomic E-state index is 0.148. The summed E-state index contributed by atoms with van der Waals surface area (Å²) in [6.45, 7) is 1.74. The van der Waals surface area contributed by atoms with Crippen LogP contribution in [-0.2, 0) is 22.4 Å². The van der Waals surface area contributed by atoms with Gasteiger partial charge in [-0.15, -0.1) is 10.2 Å². The third-order valence-electron chi connectivity index (χ3n) is 6.28. The van der Waals surface area contributed by atoms with Gasteiger partial charge in [0.15, 0.2) is 5.69 Å². The average Bonchev–Trinajstić information content (AvgIpc) is 3.43. The lowest BCUT2D eigenvalue weighted by Gasteiger charge is -2.16.